The predicted octanol–water partition coefficient (Wildman–Crippen LogP) is 5.61. The van der Waals surface area contributed by atoms with Gasteiger partial charge >= 0.3 is 6.18 Å². The summed E-state index contributed by atoms with van der Waals surface area (Å²) in [7, 11) is 0. The maximum absolute atomic E-state index is 13.5. The summed E-state index contributed by atoms with van der Waals surface area (Å²) in [6, 6.07) is 7.57. The van der Waals surface area contributed by atoms with E-state index in [-0.39, 0.29) is 22.4 Å². The van der Waals surface area contributed by atoms with E-state index >= 15 is 0 Å². The van der Waals surface area contributed by atoms with Crippen molar-refractivity contribution < 1.29 is 22.4 Å². The quantitative estimate of drug-likeness (QED) is 0.384. The number of nitrogens with one attached hydrogen (secondary N) is 2. The molecule has 11 heteroatoms. The number of anilines is 2. The Morgan fingerprint density at radius 3 is 2.37 bits per heavy atom. The van der Waals surface area contributed by atoms with Crippen molar-refractivity contribution in [1.29, 1.82) is 0 Å². The number of amides is 1. The number of benzene rings is 1. The summed E-state index contributed by atoms with van der Waals surface area (Å²) in [5, 5.41) is 5.54. The van der Waals surface area contributed by atoms with Crippen LogP contribution in [0.3, 0.4) is 0 Å². The van der Waals surface area contributed by atoms with Gasteiger partial charge in [-0.15, -0.1) is 0 Å². The molecule has 0 bridgehead atoms. The first kappa shape index (κ1) is 21.8. The lowest BCUT2D eigenvalue weighted by Gasteiger charge is -2.15. The third kappa shape index (κ3) is 5.58. The minimum absolute atomic E-state index is 0.159. The summed E-state index contributed by atoms with van der Waals surface area (Å²) in [5.74, 6) is -1.94. The Bertz CT molecular complexity index is 1070. The second-order valence-electron chi connectivity index (χ2n) is 6.07. The third-order valence-electron chi connectivity index (χ3n) is 3.83. The Labute approximate surface area is 178 Å². The zero-order valence-corrected chi connectivity index (χ0v) is 16.4. The SMILES string of the molecule is O=C(NCc1ccnc(F)c1)c1cnc(Nc2cc(Cl)cc(Cl)c2)cc1C(F)(F)F. The molecule has 156 valence electrons. The highest BCUT2D eigenvalue weighted by Crippen LogP contribution is 2.34. The third-order valence-corrected chi connectivity index (χ3v) is 4.27. The molecule has 0 aliphatic carbocycles. The van der Waals surface area contributed by atoms with Gasteiger partial charge in [0, 0.05) is 34.7 Å². The van der Waals surface area contributed by atoms with Crippen molar-refractivity contribution in [2.75, 3.05) is 5.32 Å². The van der Waals surface area contributed by atoms with Crippen molar-refractivity contribution in [3.8, 4) is 0 Å². The molecule has 2 aromatic heterocycles. The van der Waals surface area contributed by atoms with Crippen LogP contribution < -0.4 is 10.6 Å². The van der Waals surface area contributed by atoms with Gasteiger partial charge in [0.1, 0.15) is 5.82 Å². The summed E-state index contributed by atoms with van der Waals surface area (Å²) >= 11 is 11.8. The number of nitrogens with zero attached hydrogens (tertiary/aromatic N) is 2. The van der Waals surface area contributed by atoms with Crippen molar-refractivity contribution >= 4 is 40.6 Å². The van der Waals surface area contributed by atoms with Gasteiger partial charge in [0.2, 0.25) is 5.95 Å². The number of pyridine rings is 2. The molecule has 0 saturated carbocycles. The number of halogens is 6. The molecule has 0 radical (unpaired) electrons. The molecule has 3 aromatic rings. The van der Waals surface area contributed by atoms with Crippen LogP contribution in [0, 0.1) is 5.95 Å². The Hall–Kier alpha value is -2.91. The van der Waals surface area contributed by atoms with E-state index in [0.717, 1.165) is 12.3 Å². The van der Waals surface area contributed by atoms with E-state index in [9.17, 15) is 22.4 Å². The Balaban J connectivity index is 1.84. The second kappa shape index (κ2) is 8.85. The van der Waals surface area contributed by atoms with Crippen LogP contribution in [-0.2, 0) is 12.7 Å². The molecule has 0 aliphatic rings. The normalized spacial score (nSPS) is 11.3. The molecule has 5 nitrogen and oxygen atoms in total. The van der Waals surface area contributed by atoms with Gasteiger partial charge in [-0.3, -0.25) is 4.79 Å². The van der Waals surface area contributed by atoms with Crippen molar-refractivity contribution in [2.24, 2.45) is 0 Å². The smallest absolute Gasteiger partial charge is 0.348 e. The molecule has 0 spiro atoms. The number of carbonyl (C=O) groups excluding carboxylic acids is 1. The van der Waals surface area contributed by atoms with Gasteiger partial charge in [0.05, 0.1) is 11.1 Å². The lowest BCUT2D eigenvalue weighted by molar-refractivity contribution is -0.137. The first-order chi connectivity index (χ1) is 14.1. The van der Waals surface area contributed by atoms with Gasteiger partial charge in [0.25, 0.3) is 5.91 Å². The largest absolute Gasteiger partial charge is 0.417 e. The highest BCUT2D eigenvalue weighted by Gasteiger charge is 2.36. The monoisotopic (exact) mass is 458 g/mol. The molecular weight excluding hydrogens is 447 g/mol. The lowest BCUT2D eigenvalue weighted by atomic mass is 10.1. The second-order valence-corrected chi connectivity index (χ2v) is 6.94. The Morgan fingerprint density at radius 1 is 1.03 bits per heavy atom. The van der Waals surface area contributed by atoms with E-state index in [1.54, 1.807) is 0 Å². The Kier molecular flexibility index (Phi) is 6.42. The first-order valence-electron chi connectivity index (χ1n) is 8.31. The van der Waals surface area contributed by atoms with Crippen LogP contribution in [0.4, 0.5) is 29.1 Å². The van der Waals surface area contributed by atoms with E-state index in [0.29, 0.717) is 17.3 Å². The molecule has 3 rings (SSSR count). The van der Waals surface area contributed by atoms with Gasteiger partial charge in [0.15, 0.2) is 0 Å². The molecule has 0 unspecified atom stereocenters. The highest BCUT2D eigenvalue weighted by atomic mass is 35.5. The highest BCUT2D eigenvalue weighted by molar-refractivity contribution is 6.35. The molecule has 0 saturated heterocycles. The summed E-state index contributed by atoms with van der Waals surface area (Å²) in [4.78, 5) is 19.5. The van der Waals surface area contributed by atoms with E-state index in [1.165, 1.54) is 30.5 Å². The minimum atomic E-state index is -4.82. The first-order valence-corrected chi connectivity index (χ1v) is 9.06. The molecule has 1 aromatic carbocycles. The topological polar surface area (TPSA) is 66.9 Å². The fraction of sp³-hybridized carbons (Fsp3) is 0.105. The summed E-state index contributed by atoms with van der Waals surface area (Å²) in [6.45, 7) is -0.184. The summed E-state index contributed by atoms with van der Waals surface area (Å²) in [6.07, 6.45) is -2.83. The maximum Gasteiger partial charge on any atom is 0.417 e. The number of hydrogen-bond acceptors (Lipinski definition) is 4. The zero-order chi connectivity index (χ0) is 21.9. The van der Waals surface area contributed by atoms with Crippen LogP contribution in [0.15, 0.2) is 48.8 Å². The maximum atomic E-state index is 13.5. The fourth-order valence-corrected chi connectivity index (χ4v) is 3.07. The number of carbonyl (C=O) groups is 1. The van der Waals surface area contributed by atoms with Gasteiger partial charge < -0.3 is 10.6 Å². The van der Waals surface area contributed by atoms with Gasteiger partial charge in [-0.25, -0.2) is 9.97 Å². The van der Waals surface area contributed by atoms with Crippen LogP contribution >= 0.6 is 23.2 Å². The van der Waals surface area contributed by atoms with Crippen LogP contribution in [-0.4, -0.2) is 15.9 Å². The van der Waals surface area contributed by atoms with Crippen LogP contribution in [0.5, 0.6) is 0 Å². The van der Waals surface area contributed by atoms with Gasteiger partial charge in [-0.2, -0.15) is 17.6 Å². The molecule has 0 aliphatic heterocycles. The van der Waals surface area contributed by atoms with Crippen LogP contribution in [0.2, 0.25) is 10.0 Å². The van der Waals surface area contributed by atoms with Crippen LogP contribution in [0.25, 0.3) is 0 Å². The predicted molar refractivity (Wildman–Crippen MR) is 104 cm³/mol. The average molecular weight is 459 g/mol. The van der Waals surface area contributed by atoms with E-state index in [2.05, 4.69) is 20.6 Å². The van der Waals surface area contributed by atoms with Crippen LogP contribution in [0.1, 0.15) is 21.5 Å². The summed E-state index contributed by atoms with van der Waals surface area (Å²) in [5.41, 5.74) is -1.20. The van der Waals surface area contributed by atoms with Gasteiger partial charge in [-0.05, 0) is 42.0 Å². The molecule has 2 heterocycles. The number of alkyl halides is 3. The molecule has 0 atom stereocenters. The molecular formula is C19H12Cl2F4N4O. The number of rotatable bonds is 5. The molecule has 0 fully saturated rings. The zero-order valence-electron chi connectivity index (χ0n) is 14.9. The standard InChI is InChI=1S/C19H12Cl2F4N4O/c20-11-4-12(21)6-13(5-11)29-17-7-15(19(23,24)25)14(9-27-17)18(30)28-8-10-1-2-26-16(22)3-10/h1-7,9H,8H2,(H,27,29)(H,28,30). The van der Waals surface area contributed by atoms with Crippen molar-refractivity contribution in [1.82, 2.24) is 15.3 Å². The van der Waals surface area contributed by atoms with Crippen molar-refractivity contribution in [3.63, 3.8) is 0 Å². The van der Waals surface area contributed by atoms with Crippen molar-refractivity contribution in [3.05, 3.63) is 81.5 Å². The molecule has 2 N–H and O–H groups in total. The minimum Gasteiger partial charge on any atom is -0.348 e. The van der Waals surface area contributed by atoms with E-state index in [4.69, 9.17) is 23.2 Å². The molecule has 30 heavy (non-hydrogen) atoms. The fourth-order valence-electron chi connectivity index (χ4n) is 2.54. The average Bonchev–Trinajstić information content (AvgIpc) is 2.64. The van der Waals surface area contributed by atoms with Crippen molar-refractivity contribution in [2.45, 2.75) is 12.7 Å². The lowest BCUT2D eigenvalue weighted by Crippen LogP contribution is -2.26. The molecule has 1 amide bonds. The van der Waals surface area contributed by atoms with E-state index in [1.807, 2.05) is 0 Å². The number of hydrogen-bond donors (Lipinski definition) is 2. The van der Waals surface area contributed by atoms with E-state index < -0.39 is 29.2 Å². The number of aromatic nitrogens is 2. The summed E-state index contributed by atoms with van der Waals surface area (Å²) < 4.78 is 53.7. The Morgan fingerprint density at radius 2 is 1.73 bits per heavy atom. The van der Waals surface area contributed by atoms with Gasteiger partial charge in [-0.1, -0.05) is 23.2 Å².